The Morgan fingerprint density at radius 1 is 1.19 bits per heavy atom. The first-order valence-corrected chi connectivity index (χ1v) is 7.78. The summed E-state index contributed by atoms with van der Waals surface area (Å²) in [6, 6.07) is 8.76. The molecule has 0 aliphatic carbocycles. The van der Waals surface area contributed by atoms with Crippen molar-refractivity contribution in [3.8, 4) is 0 Å². The average molecular weight is 285 g/mol. The molecular formula is C18H27N3. The normalized spacial score (nSPS) is 13.2. The SMILES string of the molecule is CCC(C)c1ccc(NCc2cnn(C(C)(C)C)c2)cc1. The molecule has 0 radical (unpaired) electrons. The molecule has 1 aromatic carbocycles. The monoisotopic (exact) mass is 285 g/mol. The number of nitrogens with zero attached hydrogens (tertiary/aromatic N) is 2. The van der Waals surface area contributed by atoms with Crippen LogP contribution in [0.4, 0.5) is 5.69 Å². The molecular weight excluding hydrogens is 258 g/mol. The molecule has 0 bridgehead atoms. The lowest BCUT2D eigenvalue weighted by molar-refractivity contribution is 0.355. The van der Waals surface area contributed by atoms with E-state index >= 15 is 0 Å². The summed E-state index contributed by atoms with van der Waals surface area (Å²) in [4.78, 5) is 0. The van der Waals surface area contributed by atoms with Gasteiger partial charge in [0.1, 0.15) is 0 Å². The van der Waals surface area contributed by atoms with E-state index in [1.165, 1.54) is 17.5 Å². The number of hydrogen-bond donors (Lipinski definition) is 1. The third kappa shape index (κ3) is 4.10. The molecule has 0 saturated carbocycles. The third-order valence-corrected chi connectivity index (χ3v) is 3.91. The van der Waals surface area contributed by atoms with Gasteiger partial charge < -0.3 is 5.32 Å². The van der Waals surface area contributed by atoms with E-state index in [2.05, 4.69) is 75.5 Å². The third-order valence-electron chi connectivity index (χ3n) is 3.91. The van der Waals surface area contributed by atoms with Crippen molar-refractivity contribution in [1.82, 2.24) is 9.78 Å². The van der Waals surface area contributed by atoms with E-state index in [9.17, 15) is 0 Å². The highest BCUT2D eigenvalue weighted by Crippen LogP contribution is 2.21. The minimum atomic E-state index is 0.0379. The van der Waals surface area contributed by atoms with Gasteiger partial charge in [-0.05, 0) is 50.8 Å². The smallest absolute Gasteiger partial charge is 0.0543 e. The molecule has 2 rings (SSSR count). The zero-order valence-electron chi connectivity index (χ0n) is 13.9. The average Bonchev–Trinajstić information content (AvgIpc) is 2.94. The number of hydrogen-bond acceptors (Lipinski definition) is 2. The Hall–Kier alpha value is -1.77. The van der Waals surface area contributed by atoms with E-state index in [-0.39, 0.29) is 5.54 Å². The Morgan fingerprint density at radius 2 is 1.86 bits per heavy atom. The van der Waals surface area contributed by atoms with Crippen molar-refractivity contribution in [2.24, 2.45) is 0 Å². The summed E-state index contributed by atoms with van der Waals surface area (Å²) < 4.78 is 2.01. The molecule has 0 amide bonds. The molecule has 1 heterocycles. The maximum Gasteiger partial charge on any atom is 0.0543 e. The van der Waals surface area contributed by atoms with Crippen molar-refractivity contribution in [3.63, 3.8) is 0 Å². The molecule has 0 saturated heterocycles. The number of anilines is 1. The first kappa shape index (κ1) is 15.6. The van der Waals surface area contributed by atoms with Crippen LogP contribution in [0.25, 0.3) is 0 Å². The maximum absolute atomic E-state index is 4.42. The summed E-state index contributed by atoms with van der Waals surface area (Å²) in [6.45, 7) is 11.8. The second-order valence-corrected chi connectivity index (χ2v) is 6.75. The van der Waals surface area contributed by atoms with E-state index in [1.807, 2.05) is 10.9 Å². The minimum absolute atomic E-state index is 0.0379. The topological polar surface area (TPSA) is 29.9 Å². The van der Waals surface area contributed by atoms with Gasteiger partial charge >= 0.3 is 0 Å². The molecule has 2 aromatic rings. The molecule has 1 unspecified atom stereocenters. The van der Waals surface area contributed by atoms with Gasteiger partial charge in [-0.2, -0.15) is 5.10 Å². The van der Waals surface area contributed by atoms with E-state index in [1.54, 1.807) is 0 Å². The van der Waals surface area contributed by atoms with Crippen molar-refractivity contribution < 1.29 is 0 Å². The Morgan fingerprint density at radius 3 is 2.38 bits per heavy atom. The van der Waals surface area contributed by atoms with Crippen LogP contribution in [-0.4, -0.2) is 9.78 Å². The Labute approximate surface area is 128 Å². The maximum atomic E-state index is 4.42. The highest BCUT2D eigenvalue weighted by atomic mass is 15.3. The van der Waals surface area contributed by atoms with Crippen LogP contribution in [-0.2, 0) is 12.1 Å². The summed E-state index contributed by atoms with van der Waals surface area (Å²) in [5.41, 5.74) is 3.81. The van der Waals surface area contributed by atoms with Gasteiger partial charge in [-0.25, -0.2) is 0 Å². The van der Waals surface area contributed by atoms with Gasteiger partial charge in [0.05, 0.1) is 11.7 Å². The summed E-state index contributed by atoms with van der Waals surface area (Å²) in [7, 11) is 0. The fraction of sp³-hybridized carbons (Fsp3) is 0.500. The van der Waals surface area contributed by atoms with Gasteiger partial charge in [0.25, 0.3) is 0 Å². The van der Waals surface area contributed by atoms with Crippen LogP contribution in [0.2, 0.25) is 0 Å². The Bertz CT molecular complexity index is 561. The van der Waals surface area contributed by atoms with Crippen molar-refractivity contribution in [3.05, 3.63) is 47.8 Å². The van der Waals surface area contributed by atoms with Crippen LogP contribution in [0.1, 0.15) is 58.1 Å². The van der Waals surface area contributed by atoms with Crippen LogP contribution in [0.5, 0.6) is 0 Å². The van der Waals surface area contributed by atoms with Gasteiger partial charge in [0, 0.05) is 24.0 Å². The van der Waals surface area contributed by atoms with Gasteiger partial charge in [-0.15, -0.1) is 0 Å². The molecule has 1 atom stereocenters. The van der Waals surface area contributed by atoms with Gasteiger partial charge in [-0.1, -0.05) is 26.0 Å². The number of rotatable bonds is 5. The van der Waals surface area contributed by atoms with E-state index in [4.69, 9.17) is 0 Å². The molecule has 0 fully saturated rings. The highest BCUT2D eigenvalue weighted by molar-refractivity contribution is 5.45. The molecule has 114 valence electrons. The minimum Gasteiger partial charge on any atom is -0.381 e. The predicted octanol–water partition coefficient (Wildman–Crippen LogP) is 4.76. The summed E-state index contributed by atoms with van der Waals surface area (Å²) >= 11 is 0. The lowest BCUT2D eigenvalue weighted by Crippen LogP contribution is -2.21. The van der Waals surface area contributed by atoms with Crippen molar-refractivity contribution in [2.45, 2.75) is 59.0 Å². The summed E-state index contributed by atoms with van der Waals surface area (Å²) in [6.07, 6.45) is 5.23. The summed E-state index contributed by atoms with van der Waals surface area (Å²) in [5, 5.41) is 7.88. The number of nitrogens with one attached hydrogen (secondary N) is 1. The molecule has 0 aliphatic heterocycles. The van der Waals surface area contributed by atoms with Gasteiger partial charge in [0.15, 0.2) is 0 Å². The van der Waals surface area contributed by atoms with Gasteiger partial charge in [-0.3, -0.25) is 4.68 Å². The van der Waals surface area contributed by atoms with Crippen LogP contribution < -0.4 is 5.32 Å². The highest BCUT2D eigenvalue weighted by Gasteiger charge is 2.13. The quantitative estimate of drug-likeness (QED) is 0.858. The molecule has 3 heteroatoms. The van der Waals surface area contributed by atoms with Crippen LogP contribution in [0.3, 0.4) is 0 Å². The standard InChI is InChI=1S/C18H27N3/c1-6-14(2)16-7-9-17(10-8-16)19-11-15-12-20-21(13-15)18(3,4)5/h7-10,12-14,19H,6,11H2,1-5H3. The zero-order valence-corrected chi connectivity index (χ0v) is 13.9. The van der Waals surface area contributed by atoms with E-state index in [0.717, 1.165) is 12.2 Å². The fourth-order valence-corrected chi connectivity index (χ4v) is 2.19. The second-order valence-electron chi connectivity index (χ2n) is 6.75. The molecule has 3 nitrogen and oxygen atoms in total. The lowest BCUT2D eigenvalue weighted by atomic mass is 9.99. The van der Waals surface area contributed by atoms with Gasteiger partial charge in [0.2, 0.25) is 0 Å². The molecule has 0 aliphatic rings. The Balaban J connectivity index is 1.95. The summed E-state index contributed by atoms with van der Waals surface area (Å²) in [5.74, 6) is 0.629. The molecule has 1 N–H and O–H groups in total. The van der Waals surface area contributed by atoms with E-state index < -0.39 is 0 Å². The van der Waals surface area contributed by atoms with Crippen LogP contribution in [0.15, 0.2) is 36.7 Å². The van der Waals surface area contributed by atoms with Crippen molar-refractivity contribution in [1.29, 1.82) is 0 Å². The first-order chi connectivity index (χ1) is 9.90. The lowest BCUT2D eigenvalue weighted by Gasteiger charge is -2.18. The Kier molecular flexibility index (Phi) is 4.71. The van der Waals surface area contributed by atoms with E-state index in [0.29, 0.717) is 5.92 Å². The second kappa shape index (κ2) is 6.33. The van der Waals surface area contributed by atoms with Crippen molar-refractivity contribution in [2.75, 3.05) is 5.32 Å². The molecule has 21 heavy (non-hydrogen) atoms. The van der Waals surface area contributed by atoms with Crippen LogP contribution in [0, 0.1) is 0 Å². The fourth-order valence-electron chi connectivity index (χ4n) is 2.19. The molecule has 0 spiro atoms. The number of aromatic nitrogens is 2. The largest absolute Gasteiger partial charge is 0.381 e. The van der Waals surface area contributed by atoms with Crippen molar-refractivity contribution >= 4 is 5.69 Å². The number of benzene rings is 1. The predicted molar refractivity (Wildman–Crippen MR) is 89.7 cm³/mol. The molecule has 1 aromatic heterocycles. The zero-order chi connectivity index (χ0) is 15.5. The van der Waals surface area contributed by atoms with Crippen LogP contribution >= 0.6 is 0 Å². The first-order valence-electron chi connectivity index (χ1n) is 7.78.